The average Bonchev–Trinajstić information content (AvgIpc) is 3.56. The van der Waals surface area contributed by atoms with Crippen molar-refractivity contribution in [1.82, 2.24) is 47.9 Å². The highest BCUT2D eigenvalue weighted by atomic mass is 16.3. The van der Waals surface area contributed by atoms with Crippen LogP contribution in [0.1, 0.15) is 171 Å². The summed E-state index contributed by atoms with van der Waals surface area (Å²) in [5.41, 5.74) is 30.9. The number of nitrogens with one attached hydrogen (secondary N) is 9. The number of carbonyl (C=O) groups excluding carboxylic acids is 10. The highest BCUT2D eigenvalue weighted by Crippen LogP contribution is 2.21. The van der Waals surface area contributed by atoms with Crippen LogP contribution < -0.4 is 82.3 Å². The minimum absolute atomic E-state index is 0.00554. The SMILES string of the molecule is CC(C)C[C@H](NC(=O)CN)C(=O)N[C@@H](CC(C)C)C(=O)N[C@@H](CCCCN)C(=O)N[C@@H](CCCN=C(N)N)C(=O)N[C@@]1(C)CCC/C=C\CCC[C@@](C)(C(N)=O)NC(=O)[C@H](CC(C)C)NC(=O)[C@H]([C@@H](C)O)NC(=O)[C@H](CCCCN)NC1=O. The highest BCUT2D eigenvalue weighted by molar-refractivity contribution is 6.00. The van der Waals surface area contributed by atoms with Crippen molar-refractivity contribution in [2.45, 2.75) is 231 Å². The van der Waals surface area contributed by atoms with E-state index in [0.29, 0.717) is 51.4 Å². The minimum Gasteiger partial charge on any atom is -0.391 e. The van der Waals surface area contributed by atoms with Crippen molar-refractivity contribution in [3.05, 3.63) is 12.2 Å². The number of primary amides is 1. The first-order chi connectivity index (χ1) is 38.9. The number of aliphatic imine (C=N–C) groups is 1. The lowest BCUT2D eigenvalue weighted by atomic mass is 9.91. The zero-order valence-corrected chi connectivity index (χ0v) is 50.8. The molecule has 0 unspecified atom stereocenters. The van der Waals surface area contributed by atoms with Gasteiger partial charge in [0.15, 0.2) is 5.96 Å². The zero-order chi connectivity index (χ0) is 63.0. The molecule has 27 heteroatoms. The quantitative estimate of drug-likeness (QED) is 0.0165. The molecule has 1 rings (SSSR count). The number of carbonyl (C=O) groups is 10. The third-order valence-corrected chi connectivity index (χ3v) is 14.1. The largest absolute Gasteiger partial charge is 0.391 e. The van der Waals surface area contributed by atoms with Crippen molar-refractivity contribution in [2.24, 2.45) is 57.1 Å². The second-order valence-corrected chi connectivity index (χ2v) is 23.5. The molecule has 1 heterocycles. The number of nitrogens with two attached hydrogens (primary N) is 6. The summed E-state index contributed by atoms with van der Waals surface area (Å²) < 4.78 is 0. The highest BCUT2D eigenvalue weighted by Gasteiger charge is 2.41. The molecule has 0 spiro atoms. The molecule has 0 aromatic rings. The van der Waals surface area contributed by atoms with E-state index in [-0.39, 0.29) is 108 Å². The lowest BCUT2D eigenvalue weighted by Crippen LogP contribution is -2.65. The molecule has 83 heavy (non-hydrogen) atoms. The minimum atomic E-state index is -1.80. The molecule has 0 aromatic heterocycles. The van der Waals surface area contributed by atoms with Crippen LogP contribution in [0.2, 0.25) is 0 Å². The number of rotatable bonds is 30. The van der Waals surface area contributed by atoms with Crippen LogP contribution in [0.15, 0.2) is 17.1 Å². The van der Waals surface area contributed by atoms with Crippen molar-refractivity contribution in [3.8, 4) is 0 Å². The molecule has 474 valence electrons. The number of nitrogens with zero attached hydrogens (tertiary/aromatic N) is 1. The van der Waals surface area contributed by atoms with E-state index in [4.69, 9.17) is 34.4 Å². The molecule has 0 bridgehead atoms. The molecule has 0 aliphatic carbocycles. The number of guanidine groups is 1. The van der Waals surface area contributed by atoms with Gasteiger partial charge in [-0.2, -0.15) is 0 Å². The Morgan fingerprint density at radius 3 is 1.66 bits per heavy atom. The number of allylic oxidation sites excluding steroid dienone is 2. The molecule has 0 fully saturated rings. The monoisotopic (exact) mass is 1180 g/mol. The molecule has 0 saturated heterocycles. The van der Waals surface area contributed by atoms with Gasteiger partial charge in [-0.3, -0.25) is 52.9 Å². The van der Waals surface area contributed by atoms with Gasteiger partial charge in [-0.1, -0.05) is 53.7 Å². The second kappa shape index (κ2) is 38.4. The number of aliphatic hydroxyl groups excluding tert-OH is 1. The molecule has 27 nitrogen and oxygen atoms in total. The predicted octanol–water partition coefficient (Wildman–Crippen LogP) is -1.69. The summed E-state index contributed by atoms with van der Waals surface area (Å²) in [6.45, 7) is 15.5. The van der Waals surface area contributed by atoms with E-state index in [1.165, 1.54) is 20.8 Å². The van der Waals surface area contributed by atoms with Crippen LogP contribution in [0, 0.1) is 17.8 Å². The topological polar surface area (TPSA) is 468 Å². The lowest BCUT2D eigenvalue weighted by molar-refractivity contribution is -0.139. The summed E-state index contributed by atoms with van der Waals surface area (Å²) in [6.07, 6.45) is 6.18. The molecular weight excluding hydrogens is 1070 g/mol. The van der Waals surface area contributed by atoms with Gasteiger partial charge in [-0.25, -0.2) is 0 Å². The van der Waals surface area contributed by atoms with Crippen molar-refractivity contribution in [3.63, 3.8) is 0 Å². The number of unbranched alkanes of at least 4 members (excludes halogenated alkanes) is 2. The molecule has 10 amide bonds. The van der Waals surface area contributed by atoms with Crippen molar-refractivity contribution >= 4 is 65.0 Å². The molecule has 1 aliphatic heterocycles. The van der Waals surface area contributed by atoms with Gasteiger partial charge >= 0.3 is 0 Å². The van der Waals surface area contributed by atoms with E-state index in [2.05, 4.69) is 52.8 Å². The first-order valence-electron chi connectivity index (χ1n) is 29.5. The van der Waals surface area contributed by atoms with Gasteiger partial charge in [0.1, 0.15) is 53.4 Å². The van der Waals surface area contributed by atoms with Gasteiger partial charge in [0.05, 0.1) is 12.6 Å². The average molecular weight is 1180 g/mol. The van der Waals surface area contributed by atoms with Crippen LogP contribution in [0.3, 0.4) is 0 Å². The van der Waals surface area contributed by atoms with Crippen molar-refractivity contribution in [1.29, 1.82) is 0 Å². The fraction of sp³-hybridized carbons (Fsp3) is 0.768. The maximum Gasteiger partial charge on any atom is 0.246 e. The Bertz CT molecular complexity index is 2170. The van der Waals surface area contributed by atoms with Crippen LogP contribution in [0.25, 0.3) is 0 Å². The van der Waals surface area contributed by atoms with E-state index in [1.54, 1.807) is 0 Å². The first-order valence-corrected chi connectivity index (χ1v) is 29.5. The third kappa shape index (κ3) is 28.6. The fourth-order valence-corrected chi connectivity index (χ4v) is 9.29. The van der Waals surface area contributed by atoms with Crippen LogP contribution in [0.4, 0.5) is 0 Å². The molecule has 10 atom stereocenters. The van der Waals surface area contributed by atoms with Gasteiger partial charge in [-0.15, -0.1) is 0 Å². The third-order valence-electron chi connectivity index (χ3n) is 14.1. The van der Waals surface area contributed by atoms with Gasteiger partial charge in [-0.05, 0) is 161 Å². The van der Waals surface area contributed by atoms with E-state index < -0.39 is 119 Å². The Labute approximate surface area is 490 Å². The van der Waals surface area contributed by atoms with Gasteiger partial charge in [0, 0.05) is 6.54 Å². The van der Waals surface area contributed by atoms with E-state index in [0.717, 1.165) is 0 Å². The summed E-state index contributed by atoms with van der Waals surface area (Å²) >= 11 is 0. The standard InChI is InChI=1S/C56H104N16O11/c1-33(2)29-40(64-43(74)32-59)47(77)67-41(30-34(3)4)48(78)65-37(21-14-18-26-57)45(75)66-39(23-20-28-63-54(61)62)49(79)72-56(9)25-17-13-11-10-12-16-24-55(8,52(60)82)71-50(80)42(31-35(5)6)68-51(81)44(36(7)73)70-46(76)38(69-53(56)83)22-15-19-27-58/h10-11,33-42,44,73H,12-32,57-59H2,1-9H3,(H2,60,82)(H,64,74)(H,65,78)(H,66,75)(H,67,77)(H,68,81)(H,69,83)(H,70,76)(H,71,80)(H,72,79)(H4,61,62,63)/b11-10-/t36-,37+,38+,39+,40+,41+,42+,44+,55+,56+/m1/s1. The number of hydrogen-bond donors (Lipinski definition) is 16. The number of aliphatic hydroxyl groups is 1. The Kier molecular flexibility index (Phi) is 34.5. The molecule has 0 saturated carbocycles. The normalized spacial score (nSPS) is 22.8. The Hall–Kier alpha value is -6.45. The van der Waals surface area contributed by atoms with Crippen LogP contribution in [0.5, 0.6) is 0 Å². The summed E-state index contributed by atoms with van der Waals surface area (Å²) in [7, 11) is 0. The molecular formula is C56H104N16O11. The summed E-state index contributed by atoms with van der Waals surface area (Å²) in [5, 5.41) is 35.4. The van der Waals surface area contributed by atoms with E-state index in [1.807, 2.05) is 53.7 Å². The van der Waals surface area contributed by atoms with Crippen LogP contribution in [-0.2, 0) is 47.9 Å². The van der Waals surface area contributed by atoms with E-state index >= 15 is 0 Å². The van der Waals surface area contributed by atoms with Crippen LogP contribution >= 0.6 is 0 Å². The number of hydrogen-bond acceptors (Lipinski definition) is 15. The zero-order valence-electron chi connectivity index (χ0n) is 50.8. The van der Waals surface area contributed by atoms with Crippen molar-refractivity contribution in [2.75, 3.05) is 26.2 Å². The lowest BCUT2D eigenvalue weighted by Gasteiger charge is -2.34. The smallest absolute Gasteiger partial charge is 0.246 e. The summed E-state index contributed by atoms with van der Waals surface area (Å²) in [6, 6.07) is -9.02. The fourth-order valence-electron chi connectivity index (χ4n) is 9.29. The summed E-state index contributed by atoms with van der Waals surface area (Å²) in [5.74, 6) is -8.06. The molecule has 22 N–H and O–H groups in total. The van der Waals surface area contributed by atoms with Gasteiger partial charge in [0.25, 0.3) is 0 Å². The van der Waals surface area contributed by atoms with Gasteiger partial charge < -0.3 is 87.4 Å². The molecule has 0 radical (unpaired) electrons. The Balaban J connectivity index is 3.92. The van der Waals surface area contributed by atoms with Gasteiger partial charge in [0.2, 0.25) is 59.1 Å². The van der Waals surface area contributed by atoms with Crippen molar-refractivity contribution < 1.29 is 53.1 Å². The molecule has 0 aromatic carbocycles. The number of amides is 10. The first kappa shape index (κ1) is 74.6. The Morgan fingerprint density at radius 1 is 0.627 bits per heavy atom. The molecule has 1 aliphatic rings. The van der Waals surface area contributed by atoms with E-state index in [9.17, 15) is 53.1 Å². The maximum absolute atomic E-state index is 14.9. The second-order valence-electron chi connectivity index (χ2n) is 23.5. The summed E-state index contributed by atoms with van der Waals surface area (Å²) in [4.78, 5) is 144. The Morgan fingerprint density at radius 2 is 1.14 bits per heavy atom. The van der Waals surface area contributed by atoms with Crippen LogP contribution in [-0.4, -0.2) is 156 Å². The maximum atomic E-state index is 14.9. The predicted molar refractivity (Wildman–Crippen MR) is 317 cm³/mol.